The fourth-order valence-corrected chi connectivity index (χ4v) is 11.3. The molecule has 0 aliphatic heterocycles. The van der Waals surface area contributed by atoms with Crippen LogP contribution in [0.15, 0.2) is 0 Å². The summed E-state index contributed by atoms with van der Waals surface area (Å²) in [5.41, 5.74) is 2.32. The van der Waals surface area contributed by atoms with Crippen LogP contribution in [-0.2, 0) is 0 Å². The van der Waals surface area contributed by atoms with Gasteiger partial charge in [0, 0.05) is 0 Å². The highest BCUT2D eigenvalue weighted by atomic mass is 14.3. The molecule has 0 aromatic heterocycles. The van der Waals surface area contributed by atoms with Crippen LogP contribution in [0.3, 0.4) is 0 Å². The molecule has 5 rings (SSSR count). The van der Waals surface area contributed by atoms with Crippen LogP contribution in [-0.4, -0.2) is 0 Å². The molecule has 0 heteroatoms. The van der Waals surface area contributed by atoms with Gasteiger partial charge in [0.15, 0.2) is 0 Å². The first kappa shape index (κ1) is 121. The summed E-state index contributed by atoms with van der Waals surface area (Å²) in [6, 6.07) is 0. The Labute approximate surface area is 648 Å². The van der Waals surface area contributed by atoms with E-state index in [4.69, 9.17) is 0 Å². The van der Waals surface area contributed by atoms with Gasteiger partial charge in [0.1, 0.15) is 0 Å². The minimum Gasteiger partial charge on any atom is -0.0654 e. The lowest BCUT2D eigenvalue weighted by molar-refractivity contribution is 0.190. The van der Waals surface area contributed by atoms with Gasteiger partial charge < -0.3 is 0 Å². The Balaban J connectivity index is -0.000000108. The van der Waals surface area contributed by atoms with Crippen molar-refractivity contribution in [3.05, 3.63) is 0 Å². The number of hydrogen-bond donors (Lipinski definition) is 0. The van der Waals surface area contributed by atoms with Crippen LogP contribution >= 0.6 is 0 Å². The molecule has 2 unspecified atom stereocenters. The fourth-order valence-electron chi connectivity index (χ4n) is 11.3. The van der Waals surface area contributed by atoms with Crippen molar-refractivity contribution in [3.8, 4) is 0 Å². The summed E-state index contributed by atoms with van der Waals surface area (Å²) in [5, 5.41) is 0. The van der Waals surface area contributed by atoms with Gasteiger partial charge >= 0.3 is 0 Å². The lowest BCUT2D eigenvalue weighted by atomic mass is 9.72. The van der Waals surface area contributed by atoms with E-state index in [1.165, 1.54) is 244 Å². The molecule has 5 aliphatic rings. The average Bonchev–Trinajstić information content (AvgIpc) is 0.940. The number of rotatable bonds is 23. The Morgan fingerprint density at radius 1 is 0.340 bits per heavy atom. The summed E-state index contributed by atoms with van der Waals surface area (Å²) < 4.78 is 0. The molecule has 620 valence electrons. The van der Waals surface area contributed by atoms with Crippen molar-refractivity contribution in [2.45, 2.75) is 542 Å². The molecule has 0 saturated heterocycles. The molecule has 5 saturated carbocycles. The SMILES string of the molecule is CC(C)C(C)(C)C.CC(C)CC(C)C.CC1(C)CCC1.CC1CC(C)C1.CC1CCCC1.CC1CC[C@H]1C.CCC1CCC1.CCCC(C)(C)C.CCCC(C)(C)C.CCCC(C)CC.CCCCC(C)C.CCCCC(C)C.CCCCCCC.CCC[C@H](C)CC.CC[C@H](C)C(C)C. The lowest BCUT2D eigenvalue weighted by Gasteiger charge is -2.33. The third-order valence-electron chi connectivity index (χ3n) is 21.7. The van der Waals surface area contributed by atoms with Crippen molar-refractivity contribution >= 4 is 0 Å². The minimum absolute atomic E-state index is 0.500. The van der Waals surface area contributed by atoms with E-state index in [1.54, 1.807) is 0 Å². The molecule has 0 amide bonds. The van der Waals surface area contributed by atoms with E-state index in [0.717, 1.165) is 94.2 Å². The molecule has 0 bridgehead atoms. The van der Waals surface area contributed by atoms with Gasteiger partial charge in [-0.2, -0.15) is 0 Å². The third-order valence-corrected chi connectivity index (χ3v) is 21.7. The average molecular weight is 1420 g/mol. The molecular weight excluding hydrogens is 1200 g/mol. The summed E-state index contributed by atoms with van der Waals surface area (Å²) in [4.78, 5) is 0. The van der Waals surface area contributed by atoms with Gasteiger partial charge in [-0.1, -0.05) is 497 Å². The first-order valence-corrected chi connectivity index (χ1v) is 46.1. The Hall–Kier alpha value is 0. The molecule has 5 aliphatic carbocycles. The van der Waals surface area contributed by atoms with Gasteiger partial charge in [0.25, 0.3) is 0 Å². The molecule has 5 atom stereocenters. The van der Waals surface area contributed by atoms with Gasteiger partial charge in [0.05, 0.1) is 0 Å². The van der Waals surface area contributed by atoms with E-state index >= 15 is 0 Å². The van der Waals surface area contributed by atoms with Crippen LogP contribution in [0.1, 0.15) is 542 Å². The predicted octanol–water partition coefficient (Wildman–Crippen LogP) is 38.7. The van der Waals surface area contributed by atoms with Gasteiger partial charge in [0.2, 0.25) is 0 Å². The molecule has 5 fully saturated rings. The van der Waals surface area contributed by atoms with Crippen LogP contribution in [0.5, 0.6) is 0 Å². The maximum Gasteiger partial charge on any atom is -0.0354 e. The van der Waals surface area contributed by atoms with Crippen molar-refractivity contribution in [3.63, 3.8) is 0 Å². The zero-order valence-electron chi connectivity index (χ0n) is 80.5. The molecule has 0 nitrogen and oxygen atoms in total. The van der Waals surface area contributed by atoms with E-state index < -0.39 is 0 Å². The second-order valence-corrected chi connectivity index (χ2v) is 40.4. The fraction of sp³-hybridized carbons (Fsp3) is 1.00. The monoisotopic (exact) mass is 1420 g/mol. The zero-order chi connectivity index (χ0) is 80.5. The highest BCUT2D eigenvalue weighted by molar-refractivity contribution is 4.77. The molecule has 0 aromatic carbocycles. The standard InChI is InChI=1S/10C7H16.5C6H12/c1-6(2)7(3,4)5;1-6(2)5-7(3)4;2*1-5-6-7(2,3)4;1-5-7(4)6(2)3;2*1-4-5-6-7(2)3;2*1-4-6-7(3)5-2;1-3-5-7-6-4-2;1-5-3-6(2)4-5;1-6(2)4-3-5-6;1-5-3-4-6(5)2;1-6-4-2-3-5-6;1-2-6-4-3-5-6/h6H,1-5H3;6-7H,5H2,1-4H3;2*5-6H2,1-4H3;6-7H,5H2,1-4H3;4*7H,4-6H2,1-3H3;3-7H2,1-2H3;5-6H,3-4H2,1-2H3;3-5H2,1-2H3;5-6H,3-4H2,1-2H3;2*6H,2-5H2,1H3/t;;;;7-;;;7-;;;;;5-,6?;;/m....0..1....1../s1. The molecular formula is C100H220. The highest BCUT2D eigenvalue weighted by Gasteiger charge is 2.25. The first-order chi connectivity index (χ1) is 46.1. The Bertz CT molecular complexity index is 1310. The second-order valence-electron chi connectivity index (χ2n) is 40.4. The first-order valence-electron chi connectivity index (χ1n) is 46.1. The van der Waals surface area contributed by atoms with Crippen molar-refractivity contribution in [2.24, 2.45) is 110 Å². The minimum atomic E-state index is 0.500. The van der Waals surface area contributed by atoms with Crippen molar-refractivity contribution < 1.29 is 0 Å². The number of unbranched alkanes of at least 4 members (excludes halogenated alkanes) is 6. The van der Waals surface area contributed by atoms with E-state index in [2.05, 4.69) is 298 Å². The second kappa shape index (κ2) is 83.0. The van der Waals surface area contributed by atoms with Gasteiger partial charge in [-0.25, -0.2) is 0 Å². The summed E-state index contributed by atoms with van der Waals surface area (Å²) in [5.74, 6) is 14.3. The molecule has 0 N–H and O–H groups in total. The van der Waals surface area contributed by atoms with E-state index in [0.29, 0.717) is 16.2 Å². The zero-order valence-corrected chi connectivity index (χ0v) is 80.5. The summed E-state index contributed by atoms with van der Waals surface area (Å²) >= 11 is 0. The summed E-state index contributed by atoms with van der Waals surface area (Å²) in [6.45, 7) is 97.8. The van der Waals surface area contributed by atoms with Gasteiger partial charge in [-0.15, -0.1) is 0 Å². The molecule has 0 radical (unpaired) electrons. The van der Waals surface area contributed by atoms with Crippen molar-refractivity contribution in [1.29, 1.82) is 0 Å². The van der Waals surface area contributed by atoms with E-state index in [1.807, 2.05) is 0 Å². The molecule has 0 aromatic rings. The summed E-state index contributed by atoms with van der Waals surface area (Å²) in [6.07, 6.45) is 53.6. The Morgan fingerprint density at radius 2 is 0.660 bits per heavy atom. The molecule has 0 heterocycles. The molecule has 100 heavy (non-hydrogen) atoms. The van der Waals surface area contributed by atoms with Crippen LogP contribution in [0.25, 0.3) is 0 Å². The third kappa shape index (κ3) is 125. The quantitative estimate of drug-likeness (QED) is 0.0895. The topological polar surface area (TPSA) is 0 Å². The normalized spacial score (nSPS) is 18.6. The smallest absolute Gasteiger partial charge is 0.0354 e. The highest BCUT2D eigenvalue weighted by Crippen LogP contribution is 2.39. The van der Waals surface area contributed by atoms with E-state index in [-0.39, 0.29) is 0 Å². The lowest BCUT2D eigenvalue weighted by Crippen LogP contribution is -2.20. The van der Waals surface area contributed by atoms with Crippen LogP contribution in [0.2, 0.25) is 0 Å². The van der Waals surface area contributed by atoms with Crippen LogP contribution in [0.4, 0.5) is 0 Å². The van der Waals surface area contributed by atoms with Crippen LogP contribution in [0, 0.1) is 110 Å². The maximum absolute atomic E-state index is 2.34. The maximum atomic E-state index is 2.34. The van der Waals surface area contributed by atoms with Gasteiger partial charge in [-0.3, -0.25) is 0 Å². The van der Waals surface area contributed by atoms with Crippen LogP contribution < -0.4 is 0 Å². The molecule has 0 spiro atoms. The van der Waals surface area contributed by atoms with Gasteiger partial charge in [-0.05, 0) is 155 Å². The predicted molar refractivity (Wildman–Crippen MR) is 482 cm³/mol. The summed E-state index contributed by atoms with van der Waals surface area (Å²) in [7, 11) is 0. The number of hydrogen-bond acceptors (Lipinski definition) is 0. The van der Waals surface area contributed by atoms with Crippen molar-refractivity contribution in [1.82, 2.24) is 0 Å². The Morgan fingerprint density at radius 3 is 0.710 bits per heavy atom. The largest absolute Gasteiger partial charge is 0.0654 e. The Kier molecular flexibility index (Phi) is 100. The van der Waals surface area contributed by atoms with E-state index in [9.17, 15) is 0 Å². The van der Waals surface area contributed by atoms with Crippen molar-refractivity contribution in [2.75, 3.05) is 0 Å².